The van der Waals surface area contributed by atoms with E-state index in [1.807, 2.05) is 36.4 Å². The number of piperazine rings is 1. The van der Waals surface area contributed by atoms with Crippen molar-refractivity contribution >= 4 is 27.5 Å². The van der Waals surface area contributed by atoms with Gasteiger partial charge in [-0.15, -0.1) is 6.42 Å². The number of fused-ring (bicyclic) bond motifs is 5. The monoisotopic (exact) mass is 596 g/mol. The van der Waals surface area contributed by atoms with Crippen molar-refractivity contribution in [1.29, 1.82) is 0 Å². The van der Waals surface area contributed by atoms with Crippen molar-refractivity contribution < 1.29 is 17.9 Å². The molecule has 4 aromatic rings. The lowest BCUT2D eigenvalue weighted by molar-refractivity contribution is 0.108. The molecule has 4 fully saturated rings. The van der Waals surface area contributed by atoms with Crippen LogP contribution in [0.3, 0.4) is 0 Å². The van der Waals surface area contributed by atoms with Gasteiger partial charge in [-0.1, -0.05) is 36.3 Å². The number of nitrogens with zero attached hydrogens (tertiary/aromatic N) is 5. The maximum Gasteiger partial charge on any atom is 0.319 e. The normalized spacial score (nSPS) is 24.7. The van der Waals surface area contributed by atoms with Crippen molar-refractivity contribution in [1.82, 2.24) is 25.2 Å². The van der Waals surface area contributed by atoms with Gasteiger partial charge in [0.2, 0.25) is 0 Å². The van der Waals surface area contributed by atoms with E-state index in [4.69, 9.17) is 16.1 Å². The van der Waals surface area contributed by atoms with E-state index in [0.29, 0.717) is 34.4 Å². The lowest BCUT2D eigenvalue weighted by Gasteiger charge is -2.34. The summed E-state index contributed by atoms with van der Waals surface area (Å²) in [4.78, 5) is 18.3. The molecule has 0 aliphatic carbocycles. The second-order valence-corrected chi connectivity index (χ2v) is 12.5. The van der Waals surface area contributed by atoms with Crippen molar-refractivity contribution in [2.24, 2.45) is 0 Å². The average molecular weight is 597 g/mol. The summed E-state index contributed by atoms with van der Waals surface area (Å²) < 4.78 is 50.1. The van der Waals surface area contributed by atoms with E-state index >= 15 is 4.39 Å². The minimum absolute atomic E-state index is 0.0380. The number of benzene rings is 2. The smallest absolute Gasteiger partial charge is 0.319 e. The maximum atomic E-state index is 16.7. The second kappa shape index (κ2) is 10.5. The standard InChI is InChI=1S/C34H31F3N6O/c1-2-20-6-3-7-21-8-4-9-25(27(20)21)29-28(35)30-26(15-38-29)32(42-17-23-10-11-24(18-42)39-23)41-33(40-30)44-19-34-12-5-13-43(34)16-22(14-34)31(36)37/h1,3-4,6-9,15,23-24,39H,5,10-14,16-19H2. The Morgan fingerprint density at radius 2 is 1.91 bits per heavy atom. The van der Waals surface area contributed by atoms with Crippen LogP contribution < -0.4 is 15.0 Å². The molecule has 2 bridgehead atoms. The van der Waals surface area contributed by atoms with Crippen molar-refractivity contribution in [2.45, 2.75) is 49.7 Å². The molecule has 0 spiro atoms. The van der Waals surface area contributed by atoms with Crippen molar-refractivity contribution in [2.75, 3.05) is 37.7 Å². The van der Waals surface area contributed by atoms with Crippen LogP contribution in [0.4, 0.5) is 19.0 Å². The van der Waals surface area contributed by atoms with Crippen LogP contribution in [0.15, 0.2) is 54.2 Å². The van der Waals surface area contributed by atoms with Crippen LogP contribution in [-0.4, -0.2) is 70.3 Å². The molecule has 2 aromatic heterocycles. The number of anilines is 1. The van der Waals surface area contributed by atoms with Crippen LogP contribution >= 0.6 is 0 Å². The van der Waals surface area contributed by atoms with E-state index in [9.17, 15) is 8.78 Å². The van der Waals surface area contributed by atoms with Crippen LogP contribution in [0.25, 0.3) is 32.9 Å². The summed E-state index contributed by atoms with van der Waals surface area (Å²) in [5, 5.41) is 5.77. The van der Waals surface area contributed by atoms with E-state index in [2.05, 4.69) is 31.0 Å². The summed E-state index contributed by atoms with van der Waals surface area (Å²) in [6.07, 6.45) is 9.90. The first kappa shape index (κ1) is 27.4. The topological polar surface area (TPSA) is 66.4 Å². The highest BCUT2D eigenvalue weighted by Crippen LogP contribution is 2.43. The molecule has 3 unspecified atom stereocenters. The minimum atomic E-state index is -1.61. The molecule has 6 heterocycles. The third-order valence-corrected chi connectivity index (χ3v) is 9.88. The quantitative estimate of drug-likeness (QED) is 0.298. The van der Waals surface area contributed by atoms with Gasteiger partial charge in [0.1, 0.15) is 23.6 Å². The number of rotatable bonds is 5. The Hall–Kier alpha value is -4.20. The number of pyridine rings is 1. The first-order valence-corrected chi connectivity index (χ1v) is 15.2. The van der Waals surface area contributed by atoms with Crippen LogP contribution in [-0.2, 0) is 0 Å². The predicted molar refractivity (Wildman–Crippen MR) is 163 cm³/mol. The van der Waals surface area contributed by atoms with Gasteiger partial charge in [0, 0.05) is 60.0 Å². The fraction of sp³-hybridized carbons (Fsp3) is 0.382. The molecule has 8 rings (SSSR count). The summed E-state index contributed by atoms with van der Waals surface area (Å²) in [6, 6.07) is 11.9. The minimum Gasteiger partial charge on any atom is -0.461 e. The first-order chi connectivity index (χ1) is 21.4. The zero-order valence-corrected chi connectivity index (χ0v) is 24.1. The summed E-state index contributed by atoms with van der Waals surface area (Å²) in [7, 11) is 0. The van der Waals surface area contributed by atoms with E-state index in [-0.39, 0.29) is 42.4 Å². The molecule has 1 N–H and O–H groups in total. The number of halogens is 3. The third kappa shape index (κ3) is 4.41. The lowest BCUT2D eigenvalue weighted by Crippen LogP contribution is -2.51. The molecule has 0 amide bonds. The average Bonchev–Trinajstić information content (AvgIpc) is 3.71. The van der Waals surface area contributed by atoms with Crippen LogP contribution in [0.2, 0.25) is 0 Å². The highest BCUT2D eigenvalue weighted by atomic mass is 19.3. The van der Waals surface area contributed by atoms with E-state index in [1.165, 1.54) is 0 Å². The highest BCUT2D eigenvalue weighted by molar-refractivity contribution is 6.02. The maximum absolute atomic E-state index is 16.7. The van der Waals surface area contributed by atoms with Crippen molar-refractivity contribution in [3.05, 3.63) is 65.6 Å². The Bertz CT molecular complexity index is 1870. The molecule has 4 aliphatic heterocycles. The largest absolute Gasteiger partial charge is 0.461 e. The molecule has 3 atom stereocenters. The Morgan fingerprint density at radius 3 is 2.68 bits per heavy atom. The number of hydrogen-bond donors (Lipinski definition) is 1. The molecular formula is C34H31F3N6O. The Morgan fingerprint density at radius 1 is 1.11 bits per heavy atom. The molecule has 44 heavy (non-hydrogen) atoms. The fourth-order valence-corrected chi connectivity index (χ4v) is 7.81. The van der Waals surface area contributed by atoms with E-state index < -0.39 is 17.4 Å². The predicted octanol–water partition coefficient (Wildman–Crippen LogP) is 5.67. The summed E-state index contributed by atoms with van der Waals surface area (Å²) in [5.41, 5.74) is 1.11. The zero-order chi connectivity index (χ0) is 30.0. The number of aromatic nitrogens is 3. The molecular weight excluding hydrogens is 565 g/mol. The summed E-state index contributed by atoms with van der Waals surface area (Å²) >= 11 is 0. The van der Waals surface area contributed by atoms with Gasteiger partial charge in [0.05, 0.1) is 10.9 Å². The fourth-order valence-electron chi connectivity index (χ4n) is 7.81. The highest BCUT2D eigenvalue weighted by Gasteiger charge is 2.48. The molecule has 224 valence electrons. The number of hydrogen-bond acceptors (Lipinski definition) is 7. The van der Waals surface area contributed by atoms with Crippen molar-refractivity contribution in [3.8, 4) is 29.6 Å². The van der Waals surface area contributed by atoms with Gasteiger partial charge in [-0.05, 0) is 50.1 Å². The molecule has 4 saturated heterocycles. The lowest BCUT2D eigenvalue weighted by atomic mass is 9.94. The van der Waals surface area contributed by atoms with Crippen LogP contribution in [0.5, 0.6) is 6.01 Å². The molecule has 4 aliphatic rings. The van der Waals surface area contributed by atoms with E-state index in [0.717, 1.165) is 56.1 Å². The van der Waals surface area contributed by atoms with E-state index in [1.54, 1.807) is 6.20 Å². The van der Waals surface area contributed by atoms with Gasteiger partial charge in [0.15, 0.2) is 5.82 Å². The number of terminal acetylenes is 1. The molecule has 0 radical (unpaired) electrons. The molecule has 0 saturated carbocycles. The summed E-state index contributed by atoms with van der Waals surface area (Å²) in [5.74, 6) is 2.71. The molecule has 7 nitrogen and oxygen atoms in total. The van der Waals surface area contributed by atoms with Gasteiger partial charge >= 0.3 is 6.01 Å². The van der Waals surface area contributed by atoms with Crippen LogP contribution in [0.1, 0.15) is 37.7 Å². The molecule has 2 aromatic carbocycles. The number of ether oxygens (including phenoxy) is 1. The van der Waals surface area contributed by atoms with Gasteiger partial charge in [0.25, 0.3) is 6.08 Å². The van der Waals surface area contributed by atoms with Crippen LogP contribution in [0, 0.1) is 18.2 Å². The third-order valence-electron chi connectivity index (χ3n) is 9.88. The number of nitrogens with one attached hydrogen (secondary N) is 1. The SMILES string of the molecule is C#Cc1cccc2cccc(-c3ncc4c(N5CC6CCC(C5)N6)nc(OCC56CCCN5CC(=C(F)F)C6)nc4c3F)c12. The Balaban J connectivity index is 1.24. The second-order valence-electron chi connectivity index (χ2n) is 12.5. The van der Waals surface area contributed by atoms with Gasteiger partial charge in [-0.3, -0.25) is 9.88 Å². The van der Waals surface area contributed by atoms with Crippen molar-refractivity contribution in [3.63, 3.8) is 0 Å². The Kier molecular flexibility index (Phi) is 6.50. The van der Waals surface area contributed by atoms with Gasteiger partial charge in [-0.2, -0.15) is 18.7 Å². The Labute approximate surface area is 253 Å². The van der Waals surface area contributed by atoms with Gasteiger partial charge in [-0.25, -0.2) is 4.39 Å². The molecule has 10 heteroatoms. The zero-order valence-electron chi connectivity index (χ0n) is 24.1. The summed E-state index contributed by atoms with van der Waals surface area (Å²) in [6.45, 7) is 2.58. The van der Waals surface area contributed by atoms with Gasteiger partial charge < -0.3 is 15.0 Å². The first-order valence-electron chi connectivity index (χ1n) is 15.2.